The number of halogens is 3. The molecule has 1 amide bonds. The van der Waals surface area contributed by atoms with Crippen molar-refractivity contribution in [2.45, 2.75) is 38.9 Å². The lowest BCUT2D eigenvalue weighted by molar-refractivity contribution is -0.137. The van der Waals surface area contributed by atoms with Gasteiger partial charge in [0.25, 0.3) is 5.91 Å². The first kappa shape index (κ1) is 22.8. The summed E-state index contributed by atoms with van der Waals surface area (Å²) >= 11 is 0. The van der Waals surface area contributed by atoms with Crippen LogP contribution in [-0.2, 0) is 6.18 Å². The van der Waals surface area contributed by atoms with Crippen LogP contribution in [0.3, 0.4) is 0 Å². The van der Waals surface area contributed by atoms with Crippen LogP contribution in [0.25, 0.3) is 5.69 Å². The number of hydrogen-bond donors (Lipinski definition) is 1. The summed E-state index contributed by atoms with van der Waals surface area (Å²) in [4.78, 5) is 23.6. The van der Waals surface area contributed by atoms with Gasteiger partial charge in [0, 0.05) is 31.7 Å². The normalized spacial score (nSPS) is 18.9. The van der Waals surface area contributed by atoms with Crippen molar-refractivity contribution < 1.29 is 18.0 Å². The van der Waals surface area contributed by atoms with Crippen molar-refractivity contribution in [3.8, 4) is 5.69 Å². The van der Waals surface area contributed by atoms with Crippen molar-refractivity contribution in [1.82, 2.24) is 19.4 Å². The number of aryl methyl sites for hydroxylation is 1. The van der Waals surface area contributed by atoms with Gasteiger partial charge in [-0.2, -0.15) is 13.2 Å². The van der Waals surface area contributed by atoms with Gasteiger partial charge < -0.3 is 14.8 Å². The lowest BCUT2D eigenvalue weighted by Gasteiger charge is -2.40. The zero-order valence-corrected chi connectivity index (χ0v) is 18.5. The van der Waals surface area contributed by atoms with Gasteiger partial charge in [0.1, 0.15) is 5.82 Å². The Hall–Kier alpha value is -3.36. The molecule has 1 aliphatic rings. The standard InChI is InChI=1S/C24H26F3N5O/c1-16-5-7-20(31-11-9-28-15-31)19(12-16)23(33)32-10-3-4-17(2)21(32)14-30-22-8-6-18(13-29-22)24(25,26)27/h5-9,11-13,15,17,21H,3-4,10,14H2,1-2H3,(H,29,30)/t17-,21-/m0/s1. The second-order valence-electron chi connectivity index (χ2n) is 8.49. The number of piperidine rings is 1. The van der Waals surface area contributed by atoms with Crippen molar-refractivity contribution in [2.24, 2.45) is 5.92 Å². The summed E-state index contributed by atoms with van der Waals surface area (Å²) in [5.74, 6) is 0.509. The number of rotatable bonds is 5. The Morgan fingerprint density at radius 2 is 2.06 bits per heavy atom. The van der Waals surface area contributed by atoms with Gasteiger partial charge in [0.05, 0.1) is 29.2 Å². The zero-order chi connectivity index (χ0) is 23.6. The highest BCUT2D eigenvalue weighted by molar-refractivity contribution is 5.98. The van der Waals surface area contributed by atoms with Crippen LogP contribution >= 0.6 is 0 Å². The maximum atomic E-state index is 13.7. The van der Waals surface area contributed by atoms with Crippen LogP contribution in [0.5, 0.6) is 0 Å². The molecule has 9 heteroatoms. The molecule has 0 saturated carbocycles. The number of alkyl halides is 3. The molecule has 4 rings (SSSR count). The topological polar surface area (TPSA) is 63.1 Å². The molecule has 1 N–H and O–H groups in total. The molecule has 1 saturated heterocycles. The van der Waals surface area contributed by atoms with E-state index in [1.807, 2.05) is 34.6 Å². The summed E-state index contributed by atoms with van der Waals surface area (Å²) in [6.45, 7) is 5.06. The second-order valence-corrected chi connectivity index (χ2v) is 8.49. The largest absolute Gasteiger partial charge is 0.417 e. The first-order chi connectivity index (χ1) is 15.7. The maximum absolute atomic E-state index is 13.7. The summed E-state index contributed by atoms with van der Waals surface area (Å²) in [5.41, 5.74) is 1.55. The van der Waals surface area contributed by atoms with E-state index in [0.29, 0.717) is 24.5 Å². The van der Waals surface area contributed by atoms with Gasteiger partial charge in [-0.15, -0.1) is 0 Å². The van der Waals surface area contributed by atoms with Crippen LogP contribution in [0.4, 0.5) is 19.0 Å². The lowest BCUT2D eigenvalue weighted by Crippen LogP contribution is -2.51. The number of carbonyl (C=O) groups is 1. The Labute approximate surface area is 190 Å². The Bertz CT molecular complexity index is 1100. The molecule has 174 valence electrons. The molecular weight excluding hydrogens is 431 g/mol. The van der Waals surface area contributed by atoms with Crippen LogP contribution in [0.2, 0.25) is 0 Å². The molecule has 3 aromatic rings. The van der Waals surface area contributed by atoms with E-state index in [1.165, 1.54) is 6.07 Å². The van der Waals surface area contributed by atoms with Crippen molar-refractivity contribution >= 4 is 11.7 Å². The van der Waals surface area contributed by atoms with Crippen LogP contribution in [0.15, 0.2) is 55.2 Å². The van der Waals surface area contributed by atoms with E-state index in [2.05, 4.69) is 22.2 Å². The SMILES string of the molecule is Cc1ccc(-n2ccnc2)c(C(=O)N2CCC[C@H](C)[C@@H]2CNc2ccc(C(F)(F)F)cn2)c1. The van der Waals surface area contributed by atoms with E-state index in [4.69, 9.17) is 0 Å². The van der Waals surface area contributed by atoms with Gasteiger partial charge >= 0.3 is 6.18 Å². The van der Waals surface area contributed by atoms with E-state index in [9.17, 15) is 18.0 Å². The molecule has 2 atom stereocenters. The Morgan fingerprint density at radius 3 is 2.73 bits per heavy atom. The number of aromatic nitrogens is 3. The van der Waals surface area contributed by atoms with Crippen molar-refractivity contribution in [3.05, 3.63) is 71.9 Å². The molecular formula is C24H26F3N5O. The highest BCUT2D eigenvalue weighted by Crippen LogP contribution is 2.30. The summed E-state index contributed by atoms with van der Waals surface area (Å²) in [5, 5.41) is 3.13. The van der Waals surface area contributed by atoms with Crippen molar-refractivity contribution in [3.63, 3.8) is 0 Å². The van der Waals surface area contributed by atoms with Gasteiger partial charge in [-0.3, -0.25) is 4.79 Å². The van der Waals surface area contributed by atoms with Gasteiger partial charge in [-0.1, -0.05) is 18.6 Å². The highest BCUT2D eigenvalue weighted by atomic mass is 19.4. The van der Waals surface area contributed by atoms with Crippen LogP contribution < -0.4 is 5.32 Å². The minimum Gasteiger partial charge on any atom is -0.368 e. The smallest absolute Gasteiger partial charge is 0.368 e. The van der Waals surface area contributed by atoms with Gasteiger partial charge in [-0.05, 0) is 49.9 Å². The van der Waals surface area contributed by atoms with Gasteiger partial charge in [0.15, 0.2) is 0 Å². The number of likely N-dealkylation sites (tertiary alicyclic amines) is 1. The fourth-order valence-corrected chi connectivity index (χ4v) is 4.29. The Kier molecular flexibility index (Phi) is 6.40. The second kappa shape index (κ2) is 9.25. The number of anilines is 1. The third kappa shape index (κ3) is 5.02. The number of imidazole rings is 1. The van der Waals surface area contributed by atoms with E-state index < -0.39 is 11.7 Å². The molecule has 33 heavy (non-hydrogen) atoms. The molecule has 1 fully saturated rings. The van der Waals surface area contributed by atoms with E-state index >= 15 is 0 Å². The maximum Gasteiger partial charge on any atom is 0.417 e. The molecule has 0 radical (unpaired) electrons. The third-order valence-corrected chi connectivity index (χ3v) is 6.12. The highest BCUT2D eigenvalue weighted by Gasteiger charge is 2.34. The average molecular weight is 458 g/mol. The van der Waals surface area contributed by atoms with Gasteiger partial charge in [0.2, 0.25) is 0 Å². The predicted octanol–water partition coefficient (Wildman–Crippen LogP) is 4.95. The molecule has 1 aromatic carbocycles. The predicted molar refractivity (Wildman–Crippen MR) is 119 cm³/mol. The molecule has 0 bridgehead atoms. The molecule has 0 aliphatic carbocycles. The van der Waals surface area contributed by atoms with Crippen LogP contribution in [-0.4, -0.2) is 44.5 Å². The Morgan fingerprint density at radius 1 is 1.24 bits per heavy atom. The Balaban J connectivity index is 1.55. The minimum absolute atomic E-state index is 0.0684. The zero-order valence-electron chi connectivity index (χ0n) is 18.5. The fourth-order valence-electron chi connectivity index (χ4n) is 4.29. The molecule has 2 aromatic heterocycles. The summed E-state index contributed by atoms with van der Waals surface area (Å²) in [6, 6.07) is 7.97. The van der Waals surface area contributed by atoms with Crippen molar-refractivity contribution in [1.29, 1.82) is 0 Å². The lowest BCUT2D eigenvalue weighted by atomic mass is 9.89. The molecule has 6 nitrogen and oxygen atoms in total. The number of pyridine rings is 1. The number of hydrogen-bond acceptors (Lipinski definition) is 4. The third-order valence-electron chi connectivity index (χ3n) is 6.12. The summed E-state index contributed by atoms with van der Waals surface area (Å²) < 4.78 is 40.2. The molecule has 0 unspecified atom stereocenters. The first-order valence-corrected chi connectivity index (χ1v) is 10.9. The number of nitrogens with one attached hydrogen (secondary N) is 1. The van der Waals surface area contributed by atoms with E-state index in [0.717, 1.165) is 36.4 Å². The first-order valence-electron chi connectivity index (χ1n) is 10.9. The number of nitrogens with zero attached hydrogens (tertiary/aromatic N) is 4. The van der Waals surface area contributed by atoms with Gasteiger partial charge in [-0.25, -0.2) is 9.97 Å². The average Bonchev–Trinajstić information content (AvgIpc) is 3.32. The van der Waals surface area contributed by atoms with E-state index in [1.54, 1.807) is 18.7 Å². The summed E-state index contributed by atoms with van der Waals surface area (Å²) in [7, 11) is 0. The molecule has 3 heterocycles. The molecule has 1 aliphatic heterocycles. The summed E-state index contributed by atoms with van der Waals surface area (Å²) in [6.07, 6.45) is 3.39. The quantitative estimate of drug-likeness (QED) is 0.589. The fraction of sp³-hybridized carbons (Fsp3) is 0.375. The number of amides is 1. The van der Waals surface area contributed by atoms with Crippen molar-refractivity contribution in [2.75, 3.05) is 18.4 Å². The van der Waals surface area contributed by atoms with Crippen LogP contribution in [0.1, 0.15) is 41.3 Å². The number of benzene rings is 1. The van der Waals surface area contributed by atoms with E-state index in [-0.39, 0.29) is 17.9 Å². The monoisotopic (exact) mass is 457 g/mol. The minimum atomic E-state index is -4.42. The van der Waals surface area contributed by atoms with Crippen LogP contribution in [0, 0.1) is 12.8 Å². The molecule has 0 spiro atoms. The number of carbonyl (C=O) groups excluding carboxylic acids is 1.